The van der Waals surface area contributed by atoms with Crippen LogP contribution in [0.25, 0.3) is 5.52 Å². The quantitative estimate of drug-likeness (QED) is 0.636. The number of aliphatic hydroxyl groups excluding tert-OH is 1. The largest absolute Gasteiger partial charge is 0.505 e. The first-order valence-corrected chi connectivity index (χ1v) is 9.22. The lowest BCUT2D eigenvalue weighted by atomic mass is 10.0. The number of likely N-dealkylation sites (N-methyl/N-ethyl adjacent to an activating group) is 1. The molecule has 2 aromatic heterocycles. The number of aliphatic hydroxyl groups is 1. The van der Waals surface area contributed by atoms with Gasteiger partial charge < -0.3 is 14.3 Å². The van der Waals surface area contributed by atoms with Gasteiger partial charge in [0.1, 0.15) is 24.6 Å². The first kappa shape index (κ1) is 19.8. The maximum atomic E-state index is 11.7. The fourth-order valence-corrected chi connectivity index (χ4v) is 2.80. The Kier molecular flexibility index (Phi) is 5.12. The van der Waals surface area contributed by atoms with Gasteiger partial charge in [-0.2, -0.15) is 0 Å². The molecule has 0 unspecified atom stereocenters. The predicted molar refractivity (Wildman–Crippen MR) is 110 cm³/mol. The van der Waals surface area contributed by atoms with Crippen LogP contribution in [0, 0.1) is 13.8 Å². The van der Waals surface area contributed by atoms with Gasteiger partial charge in [-0.25, -0.2) is 9.51 Å². The van der Waals surface area contributed by atoms with Crippen LogP contribution in [-0.4, -0.2) is 65.0 Å². The Hall–Kier alpha value is -2.93. The molecule has 0 saturated carbocycles. The van der Waals surface area contributed by atoms with Crippen LogP contribution in [0.5, 0.6) is 5.88 Å². The average molecular weight is 383 g/mol. The lowest BCUT2D eigenvalue weighted by Gasteiger charge is -2.23. The fourth-order valence-electron chi connectivity index (χ4n) is 2.80. The first-order chi connectivity index (χ1) is 13.1. The van der Waals surface area contributed by atoms with Crippen LogP contribution in [0.1, 0.15) is 18.2 Å². The summed E-state index contributed by atoms with van der Waals surface area (Å²) >= 11 is 0. The highest BCUT2D eigenvalue weighted by Gasteiger charge is 2.21. The fraction of sp³-hybridized carbons (Fsp3) is 0.381. The summed E-state index contributed by atoms with van der Waals surface area (Å²) in [4.78, 5) is 16.4. The van der Waals surface area contributed by atoms with Crippen LogP contribution in [0.2, 0.25) is 0 Å². The van der Waals surface area contributed by atoms with E-state index in [2.05, 4.69) is 31.2 Å². The molecule has 148 valence electrons. The molecule has 1 N–H and O–H groups in total. The molecular weight excluding hydrogens is 356 g/mol. The topological polar surface area (TPSA) is 76.2 Å². The Morgan fingerprint density at radius 2 is 1.89 bits per heavy atom. The number of ether oxygens (including phenoxy) is 1. The number of aliphatic imine (C=N–C) groups is 1. The number of hydrogen-bond acceptors (Lipinski definition) is 5. The first-order valence-electron chi connectivity index (χ1n) is 9.22. The lowest BCUT2D eigenvalue weighted by Crippen LogP contribution is -2.38. The number of carbonyl (C=O) groups is 1. The van der Waals surface area contributed by atoms with Gasteiger partial charge >= 0.3 is 0 Å². The third-order valence-electron chi connectivity index (χ3n) is 4.84. The van der Waals surface area contributed by atoms with Gasteiger partial charge in [-0.15, -0.1) is 5.10 Å². The molecule has 2 aromatic rings. The molecule has 0 radical (unpaired) electrons. The third kappa shape index (κ3) is 3.84. The number of pyridine rings is 1. The molecule has 0 fully saturated rings. The molecule has 0 amide bonds. The van der Waals surface area contributed by atoms with E-state index >= 15 is 0 Å². The Bertz CT molecular complexity index is 1040. The van der Waals surface area contributed by atoms with E-state index in [0.717, 1.165) is 27.8 Å². The van der Waals surface area contributed by atoms with Gasteiger partial charge in [0.25, 0.3) is 5.88 Å². The second-order valence-corrected chi connectivity index (χ2v) is 8.08. The summed E-state index contributed by atoms with van der Waals surface area (Å²) < 4.78 is 8.55. The smallest absolute Gasteiger partial charge is 0.260 e. The monoisotopic (exact) mass is 383 g/mol. The molecule has 28 heavy (non-hydrogen) atoms. The van der Waals surface area contributed by atoms with Crippen molar-refractivity contribution in [2.75, 3.05) is 34.3 Å². The van der Waals surface area contributed by atoms with Crippen molar-refractivity contribution >= 4 is 22.7 Å². The minimum absolute atomic E-state index is 0.118. The van der Waals surface area contributed by atoms with Crippen LogP contribution < -0.4 is 4.74 Å². The molecule has 0 atom stereocenters. The minimum Gasteiger partial charge on any atom is -0.505 e. The highest BCUT2D eigenvalue weighted by molar-refractivity contribution is 6.21. The highest BCUT2D eigenvalue weighted by atomic mass is 16.5. The number of quaternary nitrogens is 1. The number of aryl methyl sites for hydroxylation is 2. The van der Waals surface area contributed by atoms with Crippen LogP contribution >= 0.6 is 0 Å². The van der Waals surface area contributed by atoms with E-state index < -0.39 is 0 Å². The zero-order chi connectivity index (χ0) is 20.6. The number of nitrogens with zero attached hydrogens (tertiary/aromatic N) is 4. The van der Waals surface area contributed by atoms with Crippen LogP contribution in [-0.2, 0) is 4.79 Å². The van der Waals surface area contributed by atoms with Crippen LogP contribution in [0.15, 0.2) is 40.6 Å². The van der Waals surface area contributed by atoms with Crippen molar-refractivity contribution in [1.82, 2.24) is 9.61 Å². The predicted octanol–water partition coefficient (Wildman–Crippen LogP) is 3.08. The van der Waals surface area contributed by atoms with E-state index in [0.29, 0.717) is 23.9 Å². The van der Waals surface area contributed by atoms with Gasteiger partial charge in [-0.1, -0.05) is 6.07 Å². The molecule has 1 aliphatic rings. The summed E-state index contributed by atoms with van der Waals surface area (Å²) in [6, 6.07) is 3.94. The van der Waals surface area contributed by atoms with E-state index in [1.54, 1.807) is 11.4 Å². The molecule has 0 spiro atoms. The second-order valence-electron chi connectivity index (χ2n) is 8.08. The lowest BCUT2D eigenvalue weighted by molar-refractivity contribution is -0.870. The molecule has 0 saturated heterocycles. The second kappa shape index (κ2) is 7.24. The van der Waals surface area contributed by atoms with E-state index in [4.69, 9.17) is 4.74 Å². The highest BCUT2D eigenvalue weighted by Crippen LogP contribution is 2.34. The van der Waals surface area contributed by atoms with E-state index in [-0.39, 0.29) is 17.1 Å². The number of carbonyl (C=O) groups excluding carboxylic acids is 1. The van der Waals surface area contributed by atoms with Gasteiger partial charge in [0, 0.05) is 11.3 Å². The van der Waals surface area contributed by atoms with Gasteiger partial charge in [0.15, 0.2) is 11.5 Å². The summed E-state index contributed by atoms with van der Waals surface area (Å²) in [5, 5.41) is 15.0. The van der Waals surface area contributed by atoms with Crippen molar-refractivity contribution in [1.29, 1.82) is 0 Å². The summed E-state index contributed by atoms with van der Waals surface area (Å²) in [6.07, 6.45) is 2.93. The molecule has 0 aromatic carbocycles. The summed E-state index contributed by atoms with van der Waals surface area (Å²) in [6.45, 7) is 6.88. The number of fused-ring (bicyclic) bond motifs is 1. The SMILES string of the molecule is CC1=C(O)/C(=N/c2c(OCC[N+](C)(C)C)nn3c(C)c(C)ccc23)C=CC1=O. The maximum Gasteiger partial charge on any atom is 0.260 e. The zero-order valence-corrected chi connectivity index (χ0v) is 17.3. The molecule has 7 nitrogen and oxygen atoms in total. The van der Waals surface area contributed by atoms with E-state index in [1.807, 2.05) is 26.0 Å². The van der Waals surface area contributed by atoms with Gasteiger partial charge in [-0.3, -0.25) is 4.79 Å². The van der Waals surface area contributed by atoms with Crippen molar-refractivity contribution in [2.45, 2.75) is 20.8 Å². The normalized spacial score (nSPS) is 16.5. The van der Waals surface area contributed by atoms with Crippen LogP contribution in [0.3, 0.4) is 0 Å². The molecular formula is C21H27N4O3+. The zero-order valence-electron chi connectivity index (χ0n) is 17.3. The van der Waals surface area contributed by atoms with Crippen molar-refractivity contribution < 1.29 is 19.1 Å². The van der Waals surface area contributed by atoms with Crippen molar-refractivity contribution in [3.8, 4) is 5.88 Å². The molecule has 7 heteroatoms. The van der Waals surface area contributed by atoms with E-state index in [1.165, 1.54) is 12.2 Å². The number of allylic oxidation sites excluding steroid dienone is 3. The Morgan fingerprint density at radius 1 is 1.18 bits per heavy atom. The number of ketones is 1. The Labute approximate surface area is 164 Å². The van der Waals surface area contributed by atoms with Crippen molar-refractivity contribution in [2.24, 2.45) is 4.99 Å². The molecule has 1 aliphatic carbocycles. The standard InChI is InChI=1S/C21H26N4O3/c1-13-7-9-17-19(22-16-8-10-18(26)14(2)20(16)27)21(23-24(17)15(13)3)28-12-11-25(4,5)6/h7-10H,11-12H2,1-6H3/p+1/b22-16+. The Morgan fingerprint density at radius 3 is 2.57 bits per heavy atom. The molecule has 3 rings (SSSR count). The maximum absolute atomic E-state index is 11.7. The summed E-state index contributed by atoms with van der Waals surface area (Å²) in [5.41, 5.74) is 4.02. The van der Waals surface area contributed by atoms with Crippen molar-refractivity contribution in [3.63, 3.8) is 0 Å². The van der Waals surface area contributed by atoms with Gasteiger partial charge in [0.05, 0.1) is 26.7 Å². The summed E-state index contributed by atoms with van der Waals surface area (Å²) in [7, 11) is 6.28. The third-order valence-corrected chi connectivity index (χ3v) is 4.84. The van der Waals surface area contributed by atoms with Gasteiger partial charge in [-0.05, 0) is 44.6 Å². The minimum atomic E-state index is -0.220. The summed E-state index contributed by atoms with van der Waals surface area (Å²) in [5.74, 6) is 0.0700. The van der Waals surface area contributed by atoms with Gasteiger partial charge in [0.2, 0.25) is 0 Å². The number of aromatic nitrogens is 2. The molecule has 0 aliphatic heterocycles. The number of rotatable bonds is 5. The van der Waals surface area contributed by atoms with Crippen molar-refractivity contribution in [3.05, 3.63) is 46.9 Å². The molecule has 0 bridgehead atoms. The van der Waals surface area contributed by atoms with E-state index in [9.17, 15) is 9.90 Å². The average Bonchev–Trinajstić information content (AvgIpc) is 2.96. The molecule has 2 heterocycles. The Balaban J connectivity index is 2.10. The number of hydrogen-bond donors (Lipinski definition) is 1. The van der Waals surface area contributed by atoms with Crippen LogP contribution in [0.4, 0.5) is 5.69 Å².